The van der Waals surface area contributed by atoms with E-state index in [1.54, 1.807) is 48.5 Å². The number of hydrogen-bond donors (Lipinski definition) is 1. The van der Waals surface area contributed by atoms with Crippen molar-refractivity contribution < 1.29 is 41.9 Å². The van der Waals surface area contributed by atoms with E-state index in [-0.39, 0.29) is 6.61 Å². The van der Waals surface area contributed by atoms with E-state index in [1.165, 1.54) is 10.8 Å². The molecule has 2 atom stereocenters. The van der Waals surface area contributed by atoms with E-state index in [0.717, 1.165) is 0 Å². The van der Waals surface area contributed by atoms with Crippen molar-refractivity contribution in [1.29, 1.82) is 0 Å². The van der Waals surface area contributed by atoms with Crippen LogP contribution in [0.1, 0.15) is 66.2 Å². The molecule has 1 fully saturated rings. The predicted octanol–water partition coefficient (Wildman–Crippen LogP) is 2.77. The zero-order valence-electron chi connectivity index (χ0n) is 21.7. The minimum Gasteiger partial charge on any atom is -0.437 e. The molecule has 0 unspecified atom stereocenters. The Hall–Kier alpha value is -2.31. The molecule has 36 heavy (non-hydrogen) atoms. The van der Waals surface area contributed by atoms with Crippen LogP contribution in [-0.2, 0) is 41.9 Å². The highest BCUT2D eigenvalue weighted by Gasteiger charge is 2.35. The van der Waals surface area contributed by atoms with E-state index in [0.29, 0.717) is 18.4 Å². The molecular formula is C22H35N2O11P. The number of phosphoric ester groups is 1. The lowest BCUT2D eigenvalue weighted by Gasteiger charge is -2.22. The lowest BCUT2D eigenvalue weighted by atomic mass is 9.98. The second kappa shape index (κ2) is 11.8. The summed E-state index contributed by atoms with van der Waals surface area (Å²) in [7, 11) is -4.35. The van der Waals surface area contributed by atoms with E-state index >= 15 is 0 Å². The summed E-state index contributed by atoms with van der Waals surface area (Å²) in [5.41, 5.74) is -2.39. The molecule has 0 radical (unpaired) electrons. The van der Waals surface area contributed by atoms with Gasteiger partial charge in [-0.1, -0.05) is 0 Å². The van der Waals surface area contributed by atoms with Crippen LogP contribution in [0.5, 0.6) is 0 Å². The van der Waals surface area contributed by atoms with E-state index in [9.17, 15) is 23.7 Å². The molecule has 0 bridgehead atoms. The third-order valence-corrected chi connectivity index (χ3v) is 6.29. The molecular weight excluding hydrogens is 499 g/mol. The number of ether oxygens (including phenoxy) is 3. The minimum atomic E-state index is -4.35. The van der Waals surface area contributed by atoms with Crippen LogP contribution >= 0.6 is 7.82 Å². The van der Waals surface area contributed by atoms with Crippen molar-refractivity contribution in [3.63, 3.8) is 0 Å². The van der Waals surface area contributed by atoms with Crippen molar-refractivity contribution >= 4 is 19.8 Å². The van der Waals surface area contributed by atoms with Gasteiger partial charge < -0.3 is 14.2 Å². The number of hydrogen-bond acceptors (Lipinski definition) is 11. The van der Waals surface area contributed by atoms with E-state index in [4.69, 9.17) is 27.8 Å². The fourth-order valence-corrected chi connectivity index (χ4v) is 3.76. The van der Waals surface area contributed by atoms with Crippen molar-refractivity contribution in [3.05, 3.63) is 32.6 Å². The van der Waals surface area contributed by atoms with Crippen LogP contribution in [0.3, 0.4) is 0 Å². The third kappa shape index (κ3) is 8.67. The number of H-pyrrole nitrogens is 1. The van der Waals surface area contributed by atoms with Gasteiger partial charge in [-0.3, -0.25) is 28.5 Å². The first kappa shape index (κ1) is 29.9. The van der Waals surface area contributed by atoms with Crippen LogP contribution < -0.4 is 11.2 Å². The van der Waals surface area contributed by atoms with Crippen molar-refractivity contribution in [2.75, 3.05) is 20.2 Å². The summed E-state index contributed by atoms with van der Waals surface area (Å²) in [6, 6.07) is 0. The standard InChI is InChI=1S/C22H35N2O11P/c1-14-10-24(20(28)23-17(14)25)16-9-8-15(35-16)11-32-36(29,33-12-30-18(26)21(2,3)4)34-13-31-19(27)22(5,6)7/h10,15-16H,8-9,11-13H2,1-7H3,(H,23,25,28)/t15-,16+/m1/s1. The number of carbonyl (C=O) groups is 2. The molecule has 1 aromatic rings. The first-order valence-corrected chi connectivity index (χ1v) is 12.8. The summed E-state index contributed by atoms with van der Waals surface area (Å²) in [5.74, 6) is -1.20. The Bertz CT molecular complexity index is 1060. The van der Waals surface area contributed by atoms with Crippen molar-refractivity contribution in [2.24, 2.45) is 10.8 Å². The largest absolute Gasteiger partial charge is 0.480 e. The van der Waals surface area contributed by atoms with Gasteiger partial charge in [0.25, 0.3) is 5.56 Å². The number of carbonyl (C=O) groups excluding carboxylic acids is 2. The fraction of sp³-hybridized carbons (Fsp3) is 0.727. The maximum absolute atomic E-state index is 13.1. The van der Waals surface area contributed by atoms with Gasteiger partial charge in [-0.05, 0) is 61.3 Å². The van der Waals surface area contributed by atoms with Crippen LogP contribution in [0.25, 0.3) is 0 Å². The summed E-state index contributed by atoms with van der Waals surface area (Å²) >= 11 is 0. The first-order chi connectivity index (χ1) is 16.5. The van der Waals surface area contributed by atoms with Crippen LogP contribution in [0.15, 0.2) is 15.8 Å². The van der Waals surface area contributed by atoms with Gasteiger partial charge in [-0.15, -0.1) is 0 Å². The zero-order chi connectivity index (χ0) is 27.3. The third-order valence-electron chi connectivity index (χ3n) is 4.99. The molecule has 1 aromatic heterocycles. The number of phosphoric acid groups is 1. The molecule has 0 amide bonds. The number of aromatic nitrogens is 2. The number of aromatic amines is 1. The van der Waals surface area contributed by atoms with E-state index in [2.05, 4.69) is 4.98 Å². The van der Waals surface area contributed by atoms with Gasteiger partial charge in [0.2, 0.25) is 13.6 Å². The normalized spacial score (nSPS) is 18.8. The topological polar surface area (TPSA) is 161 Å². The maximum Gasteiger partial charge on any atom is 0.480 e. The molecule has 1 saturated heterocycles. The Morgan fingerprint density at radius 3 is 2.03 bits per heavy atom. The van der Waals surface area contributed by atoms with E-state index in [1.807, 2.05) is 0 Å². The molecule has 14 heteroatoms. The molecule has 0 aliphatic carbocycles. The molecule has 204 valence electrons. The minimum absolute atomic E-state index is 0.259. The molecule has 1 aliphatic heterocycles. The van der Waals surface area contributed by atoms with Gasteiger partial charge >= 0.3 is 25.5 Å². The summed E-state index contributed by atoms with van der Waals surface area (Å²) in [6.07, 6.45) is 1.01. The van der Waals surface area contributed by atoms with Crippen molar-refractivity contribution in [1.82, 2.24) is 9.55 Å². The SMILES string of the molecule is Cc1cn([C@@H]2CC[C@H](COP(=O)(OCOC(=O)C(C)(C)C)OCOC(=O)C(C)(C)C)O2)c(=O)[nH]c1=O. The molecule has 1 N–H and O–H groups in total. The highest BCUT2D eigenvalue weighted by atomic mass is 31.2. The second-order valence-electron chi connectivity index (χ2n) is 10.4. The van der Waals surface area contributed by atoms with Gasteiger partial charge in [0.15, 0.2) is 0 Å². The van der Waals surface area contributed by atoms with E-state index < -0.39 is 67.8 Å². The number of nitrogens with one attached hydrogen (secondary N) is 1. The number of aryl methyl sites for hydroxylation is 1. The molecule has 1 aliphatic rings. The lowest BCUT2D eigenvalue weighted by Crippen LogP contribution is -2.33. The average Bonchev–Trinajstić information content (AvgIpc) is 3.22. The number of rotatable bonds is 10. The highest BCUT2D eigenvalue weighted by molar-refractivity contribution is 7.48. The lowest BCUT2D eigenvalue weighted by molar-refractivity contribution is -0.163. The van der Waals surface area contributed by atoms with Crippen LogP contribution in [-0.4, -0.2) is 47.8 Å². The Labute approximate surface area is 209 Å². The van der Waals surface area contributed by atoms with Gasteiger partial charge in [-0.25, -0.2) is 18.4 Å². The maximum atomic E-state index is 13.1. The van der Waals surface area contributed by atoms with Gasteiger partial charge in [0, 0.05) is 11.8 Å². The smallest absolute Gasteiger partial charge is 0.437 e. The summed E-state index contributed by atoms with van der Waals surface area (Å²) in [6.45, 7) is 9.68. The highest BCUT2D eigenvalue weighted by Crippen LogP contribution is 2.50. The molecule has 13 nitrogen and oxygen atoms in total. The molecule has 0 saturated carbocycles. The predicted molar refractivity (Wildman–Crippen MR) is 126 cm³/mol. The molecule has 0 spiro atoms. The van der Waals surface area contributed by atoms with Crippen LogP contribution in [0, 0.1) is 17.8 Å². The fourth-order valence-electron chi connectivity index (χ4n) is 2.82. The van der Waals surface area contributed by atoms with Crippen LogP contribution in [0.2, 0.25) is 0 Å². The molecule has 2 rings (SSSR count). The molecule has 0 aromatic carbocycles. The van der Waals surface area contributed by atoms with Gasteiger partial charge in [-0.2, -0.15) is 0 Å². The average molecular weight is 534 g/mol. The summed E-state index contributed by atoms with van der Waals surface area (Å²) in [5, 5.41) is 0. The Kier molecular flexibility index (Phi) is 9.83. The van der Waals surface area contributed by atoms with Gasteiger partial charge in [0.05, 0.1) is 23.5 Å². The zero-order valence-corrected chi connectivity index (χ0v) is 22.5. The second-order valence-corrected chi connectivity index (χ2v) is 12.0. The van der Waals surface area contributed by atoms with Crippen LogP contribution in [0.4, 0.5) is 0 Å². The summed E-state index contributed by atoms with van der Waals surface area (Å²) < 4.78 is 45.7. The molecule has 2 heterocycles. The Morgan fingerprint density at radius 1 is 1.00 bits per heavy atom. The first-order valence-electron chi connectivity index (χ1n) is 11.4. The number of nitrogens with zero attached hydrogens (tertiary/aromatic N) is 1. The Morgan fingerprint density at radius 2 is 1.53 bits per heavy atom. The van der Waals surface area contributed by atoms with Gasteiger partial charge in [0.1, 0.15) is 6.23 Å². The van der Waals surface area contributed by atoms with Crippen molar-refractivity contribution in [3.8, 4) is 0 Å². The van der Waals surface area contributed by atoms with Crippen molar-refractivity contribution in [2.45, 2.75) is 73.6 Å². The summed E-state index contributed by atoms with van der Waals surface area (Å²) in [4.78, 5) is 49.9. The Balaban J connectivity index is 2.00. The number of esters is 2. The quantitative estimate of drug-likeness (QED) is 0.267. The monoisotopic (exact) mass is 534 g/mol.